The van der Waals surface area contributed by atoms with Crippen LogP contribution in [0.2, 0.25) is 0 Å². The molecule has 2 aromatic rings. The van der Waals surface area contributed by atoms with Crippen molar-refractivity contribution in [1.82, 2.24) is 9.97 Å². The van der Waals surface area contributed by atoms with E-state index in [2.05, 4.69) is 9.97 Å². The van der Waals surface area contributed by atoms with Gasteiger partial charge in [0, 0.05) is 6.07 Å². The Balaban J connectivity index is 2.78. The molecule has 2 rings (SSSR count). The van der Waals surface area contributed by atoms with E-state index < -0.39 is 12.0 Å². The zero-order valence-electron chi connectivity index (χ0n) is 10.5. The molecule has 1 heterocycles. The van der Waals surface area contributed by atoms with Crippen molar-refractivity contribution in [2.24, 2.45) is 0 Å². The predicted octanol–water partition coefficient (Wildman–Crippen LogP) is 2.97. The van der Waals surface area contributed by atoms with Gasteiger partial charge in [-0.3, -0.25) is 0 Å². The number of methoxy groups -OCH3 is 2. The number of alkyl halides is 3. The van der Waals surface area contributed by atoms with E-state index in [-0.39, 0.29) is 11.4 Å². The second-order valence-electron chi connectivity index (χ2n) is 3.89. The lowest BCUT2D eigenvalue weighted by atomic mass is 10.1. The summed E-state index contributed by atoms with van der Waals surface area (Å²) in [4.78, 5) is 6.90. The summed E-state index contributed by atoms with van der Waals surface area (Å²) in [7, 11) is 2.71. The van der Waals surface area contributed by atoms with Gasteiger partial charge in [-0.2, -0.15) is 18.2 Å². The van der Waals surface area contributed by atoms with Crippen molar-refractivity contribution in [2.45, 2.75) is 13.1 Å². The van der Waals surface area contributed by atoms with Crippen LogP contribution in [0.4, 0.5) is 13.2 Å². The Morgan fingerprint density at radius 2 is 1.74 bits per heavy atom. The van der Waals surface area contributed by atoms with Gasteiger partial charge in [-0.15, -0.1) is 0 Å². The Kier molecular flexibility index (Phi) is 3.21. The number of hydrogen-bond acceptors (Lipinski definition) is 4. The fourth-order valence-electron chi connectivity index (χ4n) is 1.74. The maximum absolute atomic E-state index is 12.7. The molecule has 19 heavy (non-hydrogen) atoms. The van der Waals surface area contributed by atoms with Crippen LogP contribution in [0.25, 0.3) is 10.9 Å². The molecule has 7 heteroatoms. The first kappa shape index (κ1) is 13.4. The minimum Gasteiger partial charge on any atom is -0.496 e. The van der Waals surface area contributed by atoms with Crippen molar-refractivity contribution in [1.29, 1.82) is 0 Å². The molecule has 0 radical (unpaired) electrons. The maximum Gasteiger partial charge on any atom is 0.451 e. The highest BCUT2D eigenvalue weighted by atomic mass is 19.4. The molecule has 0 amide bonds. The standard InChI is InChI=1S/C12H11F3N2O2/c1-6-4-7-8(5-9(6)18-2)16-11(12(13,14)15)17-10(7)19-3/h4-5H,1-3H3. The molecule has 0 atom stereocenters. The van der Waals surface area contributed by atoms with E-state index in [0.29, 0.717) is 11.1 Å². The minimum atomic E-state index is -4.63. The van der Waals surface area contributed by atoms with Crippen molar-refractivity contribution in [3.8, 4) is 11.6 Å². The Labute approximate surface area is 107 Å². The van der Waals surface area contributed by atoms with Gasteiger partial charge in [-0.05, 0) is 18.6 Å². The first-order valence-electron chi connectivity index (χ1n) is 5.34. The molecule has 1 aromatic carbocycles. The summed E-state index contributed by atoms with van der Waals surface area (Å²) in [6.07, 6.45) is -4.63. The van der Waals surface area contributed by atoms with Gasteiger partial charge in [-0.25, -0.2) is 4.98 Å². The molecule has 0 fully saturated rings. The molecule has 0 bridgehead atoms. The molecule has 0 saturated heterocycles. The van der Waals surface area contributed by atoms with Gasteiger partial charge in [0.05, 0.1) is 25.1 Å². The summed E-state index contributed by atoms with van der Waals surface area (Å²) in [5.74, 6) is -0.882. The third-order valence-electron chi connectivity index (χ3n) is 2.62. The van der Waals surface area contributed by atoms with Crippen LogP contribution >= 0.6 is 0 Å². The highest BCUT2D eigenvalue weighted by Crippen LogP contribution is 2.33. The number of aromatic nitrogens is 2. The first-order chi connectivity index (χ1) is 8.86. The first-order valence-corrected chi connectivity index (χ1v) is 5.34. The second kappa shape index (κ2) is 4.56. The van der Waals surface area contributed by atoms with E-state index in [9.17, 15) is 13.2 Å². The molecule has 0 N–H and O–H groups in total. The van der Waals surface area contributed by atoms with E-state index in [1.54, 1.807) is 13.0 Å². The molecule has 4 nitrogen and oxygen atoms in total. The number of benzene rings is 1. The molecule has 0 aliphatic rings. The normalized spacial score (nSPS) is 11.7. The number of hydrogen-bond donors (Lipinski definition) is 0. The number of fused-ring (bicyclic) bond motifs is 1. The second-order valence-corrected chi connectivity index (χ2v) is 3.89. The van der Waals surface area contributed by atoms with Gasteiger partial charge >= 0.3 is 6.18 Å². The average Bonchev–Trinajstić information content (AvgIpc) is 2.35. The summed E-state index contributed by atoms with van der Waals surface area (Å²) in [5.41, 5.74) is 0.887. The fourth-order valence-corrected chi connectivity index (χ4v) is 1.74. The van der Waals surface area contributed by atoms with E-state index in [4.69, 9.17) is 9.47 Å². The molecular formula is C12H11F3N2O2. The number of aryl methyl sites for hydroxylation is 1. The van der Waals surface area contributed by atoms with Gasteiger partial charge in [0.1, 0.15) is 5.75 Å². The maximum atomic E-state index is 12.7. The predicted molar refractivity (Wildman–Crippen MR) is 62.4 cm³/mol. The van der Waals surface area contributed by atoms with Gasteiger partial charge < -0.3 is 9.47 Å². The summed E-state index contributed by atoms with van der Waals surface area (Å²) < 4.78 is 48.0. The summed E-state index contributed by atoms with van der Waals surface area (Å²) in [5, 5.41) is 0.411. The Bertz CT molecular complexity index is 626. The Morgan fingerprint density at radius 3 is 2.26 bits per heavy atom. The van der Waals surface area contributed by atoms with Gasteiger partial charge in [0.2, 0.25) is 11.7 Å². The third-order valence-corrected chi connectivity index (χ3v) is 2.62. The zero-order chi connectivity index (χ0) is 14.2. The quantitative estimate of drug-likeness (QED) is 0.843. The fraction of sp³-hybridized carbons (Fsp3) is 0.333. The number of nitrogens with zero attached hydrogens (tertiary/aromatic N) is 2. The van der Waals surface area contributed by atoms with Crippen LogP contribution in [0.3, 0.4) is 0 Å². The highest BCUT2D eigenvalue weighted by Gasteiger charge is 2.35. The number of halogens is 3. The lowest BCUT2D eigenvalue weighted by molar-refractivity contribution is -0.144. The molecule has 0 spiro atoms. The van der Waals surface area contributed by atoms with Crippen LogP contribution in [-0.2, 0) is 6.18 Å². The smallest absolute Gasteiger partial charge is 0.451 e. The Hall–Kier alpha value is -2.05. The largest absolute Gasteiger partial charge is 0.496 e. The Morgan fingerprint density at radius 1 is 1.05 bits per heavy atom. The number of ether oxygens (including phenoxy) is 2. The van der Waals surface area contributed by atoms with Gasteiger partial charge in [0.15, 0.2) is 0 Å². The molecule has 0 aliphatic carbocycles. The molecule has 0 aliphatic heterocycles. The summed E-state index contributed by atoms with van der Waals surface area (Å²) >= 11 is 0. The third kappa shape index (κ3) is 2.40. The van der Waals surface area contributed by atoms with Crippen molar-refractivity contribution >= 4 is 10.9 Å². The minimum absolute atomic E-state index is 0.108. The lowest BCUT2D eigenvalue weighted by Gasteiger charge is -2.11. The van der Waals surface area contributed by atoms with Crippen molar-refractivity contribution in [3.63, 3.8) is 0 Å². The lowest BCUT2D eigenvalue weighted by Crippen LogP contribution is -2.12. The van der Waals surface area contributed by atoms with Crippen molar-refractivity contribution < 1.29 is 22.6 Å². The van der Waals surface area contributed by atoms with Crippen LogP contribution in [0.5, 0.6) is 11.6 Å². The van der Waals surface area contributed by atoms with E-state index in [1.807, 2.05) is 0 Å². The zero-order valence-corrected chi connectivity index (χ0v) is 10.5. The monoisotopic (exact) mass is 272 g/mol. The van der Waals surface area contributed by atoms with Crippen LogP contribution in [0, 0.1) is 6.92 Å². The van der Waals surface area contributed by atoms with E-state index >= 15 is 0 Å². The van der Waals surface area contributed by atoms with E-state index in [0.717, 1.165) is 5.56 Å². The van der Waals surface area contributed by atoms with Crippen LogP contribution in [-0.4, -0.2) is 24.2 Å². The summed E-state index contributed by atoms with van der Waals surface area (Å²) in [6.45, 7) is 1.77. The molecule has 1 aromatic heterocycles. The van der Waals surface area contributed by atoms with Crippen molar-refractivity contribution in [3.05, 3.63) is 23.5 Å². The van der Waals surface area contributed by atoms with Gasteiger partial charge in [0.25, 0.3) is 0 Å². The topological polar surface area (TPSA) is 44.2 Å². The SMILES string of the molecule is COc1cc2nc(C(F)(F)F)nc(OC)c2cc1C. The van der Waals surface area contributed by atoms with Crippen molar-refractivity contribution in [2.75, 3.05) is 14.2 Å². The molecular weight excluding hydrogens is 261 g/mol. The average molecular weight is 272 g/mol. The summed E-state index contributed by atoms with van der Waals surface area (Å²) in [6, 6.07) is 3.07. The van der Waals surface area contributed by atoms with E-state index in [1.165, 1.54) is 20.3 Å². The number of rotatable bonds is 2. The molecule has 102 valence electrons. The molecule has 0 saturated carbocycles. The highest BCUT2D eigenvalue weighted by molar-refractivity contribution is 5.85. The van der Waals surface area contributed by atoms with Crippen LogP contribution < -0.4 is 9.47 Å². The van der Waals surface area contributed by atoms with Gasteiger partial charge in [-0.1, -0.05) is 0 Å². The van der Waals surface area contributed by atoms with Crippen LogP contribution in [0.1, 0.15) is 11.4 Å². The van der Waals surface area contributed by atoms with Crippen LogP contribution in [0.15, 0.2) is 12.1 Å². The molecule has 0 unspecified atom stereocenters.